The summed E-state index contributed by atoms with van der Waals surface area (Å²) in [4.78, 5) is 0. The van der Waals surface area contributed by atoms with Gasteiger partial charge in [0, 0.05) is 6.61 Å². The summed E-state index contributed by atoms with van der Waals surface area (Å²) in [6.45, 7) is -4.67. The number of hydrogen-bond donors (Lipinski definition) is 0. The fourth-order valence-electron chi connectivity index (χ4n) is 1.31. The molecule has 0 bridgehead atoms. The standard InChI is InChI=1S/C6H7BF3O2/c8-7(9,10)5-1-6(12-2-5)3-11-4-6/h1H,2-4H2/q-1. The molecule has 1 saturated heterocycles. The van der Waals surface area contributed by atoms with Crippen molar-refractivity contribution < 1.29 is 22.4 Å². The van der Waals surface area contributed by atoms with E-state index in [0.29, 0.717) is 0 Å². The molecule has 1 spiro atoms. The Kier molecular flexibility index (Phi) is 1.53. The molecule has 0 aliphatic carbocycles. The molecule has 0 aromatic heterocycles. The highest BCUT2D eigenvalue weighted by molar-refractivity contribution is 6.67. The van der Waals surface area contributed by atoms with Crippen molar-refractivity contribution >= 4 is 6.98 Å². The maximum Gasteiger partial charge on any atom is 0.507 e. The maximum atomic E-state index is 12.1. The fraction of sp³-hybridized carbons (Fsp3) is 0.667. The third kappa shape index (κ3) is 1.15. The lowest BCUT2D eigenvalue weighted by atomic mass is 9.78. The monoisotopic (exact) mass is 179 g/mol. The average Bonchev–Trinajstić information content (AvgIpc) is 2.26. The van der Waals surface area contributed by atoms with Gasteiger partial charge < -0.3 is 22.4 Å². The molecule has 1 fully saturated rings. The highest BCUT2D eigenvalue weighted by atomic mass is 19.4. The smallest absolute Gasteiger partial charge is 0.445 e. The van der Waals surface area contributed by atoms with E-state index >= 15 is 0 Å². The molecule has 68 valence electrons. The lowest BCUT2D eigenvalue weighted by molar-refractivity contribution is -0.165. The zero-order chi connectivity index (χ0) is 8.82. The van der Waals surface area contributed by atoms with Gasteiger partial charge in [0.25, 0.3) is 0 Å². The molecule has 2 aliphatic rings. The van der Waals surface area contributed by atoms with Crippen molar-refractivity contribution in [1.29, 1.82) is 0 Å². The summed E-state index contributed by atoms with van der Waals surface area (Å²) in [6.07, 6.45) is 1.16. The fourth-order valence-corrected chi connectivity index (χ4v) is 1.31. The Labute approximate surface area is 67.4 Å². The van der Waals surface area contributed by atoms with E-state index in [9.17, 15) is 12.9 Å². The Balaban J connectivity index is 2.15. The van der Waals surface area contributed by atoms with E-state index in [0.717, 1.165) is 6.08 Å². The topological polar surface area (TPSA) is 18.5 Å². The van der Waals surface area contributed by atoms with Crippen LogP contribution < -0.4 is 0 Å². The molecule has 12 heavy (non-hydrogen) atoms. The van der Waals surface area contributed by atoms with Crippen LogP contribution in [0.4, 0.5) is 12.9 Å². The molecule has 0 N–H and O–H groups in total. The van der Waals surface area contributed by atoms with E-state index in [2.05, 4.69) is 0 Å². The molecule has 0 atom stereocenters. The normalized spacial score (nSPS) is 27.1. The zero-order valence-corrected chi connectivity index (χ0v) is 6.23. The summed E-state index contributed by atoms with van der Waals surface area (Å²) in [6, 6.07) is 0. The van der Waals surface area contributed by atoms with Gasteiger partial charge in [-0.2, -0.15) is 0 Å². The third-order valence-electron chi connectivity index (χ3n) is 2.09. The molecule has 2 rings (SSSR count). The average molecular weight is 179 g/mol. The Morgan fingerprint density at radius 2 is 2.00 bits per heavy atom. The Hall–Kier alpha value is -0.485. The first-order chi connectivity index (χ1) is 5.52. The molecule has 0 unspecified atom stereocenters. The van der Waals surface area contributed by atoms with E-state index in [1.807, 2.05) is 0 Å². The molecule has 0 saturated carbocycles. The van der Waals surface area contributed by atoms with Gasteiger partial charge in [-0.15, -0.1) is 5.47 Å². The molecule has 6 heteroatoms. The van der Waals surface area contributed by atoms with Gasteiger partial charge in [-0.25, -0.2) is 0 Å². The van der Waals surface area contributed by atoms with Crippen LogP contribution in [0.2, 0.25) is 0 Å². The number of rotatable bonds is 1. The van der Waals surface area contributed by atoms with Crippen molar-refractivity contribution in [2.24, 2.45) is 0 Å². The van der Waals surface area contributed by atoms with Crippen molar-refractivity contribution in [3.8, 4) is 0 Å². The van der Waals surface area contributed by atoms with Gasteiger partial charge in [0.05, 0.1) is 13.2 Å². The molecular weight excluding hydrogens is 172 g/mol. The summed E-state index contributed by atoms with van der Waals surface area (Å²) < 4.78 is 46.2. The second kappa shape index (κ2) is 2.26. The second-order valence-electron chi connectivity index (χ2n) is 3.14. The maximum absolute atomic E-state index is 12.1. The first-order valence-electron chi connectivity index (χ1n) is 3.65. The molecule has 0 amide bonds. The third-order valence-corrected chi connectivity index (χ3v) is 2.09. The van der Waals surface area contributed by atoms with E-state index in [1.54, 1.807) is 0 Å². The quantitative estimate of drug-likeness (QED) is 0.561. The molecule has 0 radical (unpaired) electrons. The molecule has 0 aromatic carbocycles. The predicted octanol–water partition coefficient (Wildman–Crippen LogP) is 1.10. The van der Waals surface area contributed by atoms with Gasteiger partial charge in [0.1, 0.15) is 5.60 Å². The van der Waals surface area contributed by atoms with Crippen LogP contribution in [-0.4, -0.2) is 32.4 Å². The van der Waals surface area contributed by atoms with Gasteiger partial charge in [0.2, 0.25) is 0 Å². The van der Waals surface area contributed by atoms with Crippen molar-refractivity contribution in [3.63, 3.8) is 0 Å². The number of ether oxygens (including phenoxy) is 2. The minimum Gasteiger partial charge on any atom is -0.445 e. The summed E-state index contributed by atoms with van der Waals surface area (Å²) in [5, 5.41) is 0. The minimum atomic E-state index is -4.86. The van der Waals surface area contributed by atoms with Crippen LogP contribution >= 0.6 is 0 Å². The molecule has 2 aliphatic heterocycles. The SMILES string of the molecule is F[B-](F)(F)C1=CC2(COC2)OC1. The Morgan fingerprint density at radius 1 is 1.33 bits per heavy atom. The van der Waals surface area contributed by atoms with Gasteiger partial charge in [-0.1, -0.05) is 6.08 Å². The van der Waals surface area contributed by atoms with Crippen molar-refractivity contribution in [1.82, 2.24) is 0 Å². The molecule has 0 aromatic rings. The van der Waals surface area contributed by atoms with Gasteiger partial charge in [0.15, 0.2) is 0 Å². The molecule has 2 nitrogen and oxygen atoms in total. The predicted molar refractivity (Wildman–Crippen MR) is 36.7 cm³/mol. The van der Waals surface area contributed by atoms with Gasteiger partial charge in [-0.3, -0.25) is 0 Å². The zero-order valence-electron chi connectivity index (χ0n) is 6.23. The lowest BCUT2D eigenvalue weighted by Gasteiger charge is -2.35. The van der Waals surface area contributed by atoms with Crippen LogP contribution in [0.15, 0.2) is 11.5 Å². The van der Waals surface area contributed by atoms with Crippen LogP contribution in [0, 0.1) is 0 Å². The first-order valence-corrected chi connectivity index (χ1v) is 3.65. The largest absolute Gasteiger partial charge is 0.507 e. The summed E-state index contributed by atoms with van der Waals surface area (Å²) in [5.41, 5.74) is -1.27. The van der Waals surface area contributed by atoms with Crippen LogP contribution in [-0.2, 0) is 9.47 Å². The Bertz CT molecular complexity index is 231. The van der Waals surface area contributed by atoms with Crippen LogP contribution in [0.25, 0.3) is 0 Å². The minimum absolute atomic E-state index is 0.253. The van der Waals surface area contributed by atoms with E-state index in [4.69, 9.17) is 9.47 Å². The lowest BCUT2D eigenvalue weighted by Crippen LogP contribution is -2.48. The van der Waals surface area contributed by atoms with E-state index in [-0.39, 0.29) is 19.8 Å². The second-order valence-corrected chi connectivity index (χ2v) is 3.14. The summed E-state index contributed by atoms with van der Waals surface area (Å²) in [5.74, 6) is 0. The van der Waals surface area contributed by atoms with Crippen molar-refractivity contribution in [2.75, 3.05) is 19.8 Å². The van der Waals surface area contributed by atoms with Crippen LogP contribution in [0.5, 0.6) is 0 Å². The van der Waals surface area contributed by atoms with E-state index < -0.39 is 18.1 Å². The van der Waals surface area contributed by atoms with Gasteiger partial charge >= 0.3 is 6.98 Å². The van der Waals surface area contributed by atoms with Crippen LogP contribution in [0.1, 0.15) is 0 Å². The number of halogens is 3. The summed E-state index contributed by atoms with van der Waals surface area (Å²) in [7, 11) is 0. The van der Waals surface area contributed by atoms with Crippen LogP contribution in [0.3, 0.4) is 0 Å². The molecule has 2 heterocycles. The van der Waals surface area contributed by atoms with Crippen molar-refractivity contribution in [2.45, 2.75) is 5.60 Å². The number of hydrogen-bond acceptors (Lipinski definition) is 2. The first kappa shape index (κ1) is 8.13. The van der Waals surface area contributed by atoms with E-state index in [1.165, 1.54) is 0 Å². The highest BCUT2D eigenvalue weighted by Crippen LogP contribution is 2.35. The van der Waals surface area contributed by atoms with Crippen molar-refractivity contribution in [3.05, 3.63) is 11.5 Å². The highest BCUT2D eigenvalue weighted by Gasteiger charge is 2.45. The molecular formula is C6H7BF3O2-. The van der Waals surface area contributed by atoms with Gasteiger partial charge in [-0.05, 0) is 0 Å². The Morgan fingerprint density at radius 3 is 2.25 bits per heavy atom. The summed E-state index contributed by atoms with van der Waals surface area (Å²) >= 11 is 0.